The van der Waals surface area contributed by atoms with Crippen molar-refractivity contribution in [1.29, 1.82) is 0 Å². The number of nitrogens with one attached hydrogen (secondary N) is 1. The second-order valence-electron chi connectivity index (χ2n) is 8.45. The number of hydrogen-bond donors (Lipinski definition) is 1. The number of nitrogens with zero attached hydrogens (tertiary/aromatic N) is 2. The largest absolute Gasteiger partial charge is 0.354 e. The quantitative estimate of drug-likeness (QED) is 0.345. The average molecular weight is 518 g/mol. The van der Waals surface area contributed by atoms with E-state index in [1.165, 1.54) is 4.90 Å². The minimum atomic E-state index is -0.758. The van der Waals surface area contributed by atoms with E-state index in [-0.39, 0.29) is 49.6 Å². The Kier molecular flexibility index (Phi) is 9.29. The van der Waals surface area contributed by atoms with Crippen molar-refractivity contribution in [3.63, 3.8) is 0 Å². The van der Waals surface area contributed by atoms with Gasteiger partial charge in [0.05, 0.1) is 11.1 Å². The SMILES string of the molecule is CCCCNC(=O)C(C)N(Cc1c(Cl)cccc1Cl)C(=O)CCCN1C(=O)c2ccccc2C1=O. The Morgan fingerprint density at radius 3 is 2.14 bits per heavy atom. The standard InChI is InChI=1S/C26H29Cl2N3O4/c1-3-4-14-29-24(33)17(2)31(16-20-21(27)11-7-12-22(20)28)23(32)13-8-15-30-25(34)18-9-5-6-10-19(18)26(30)35/h5-7,9-12,17H,3-4,8,13-16H2,1-2H3,(H,29,33). The Bertz CT molecular complexity index is 1070. The maximum atomic E-state index is 13.3. The molecule has 1 aliphatic heterocycles. The summed E-state index contributed by atoms with van der Waals surface area (Å²) in [6, 6.07) is 11.0. The third-order valence-corrected chi connectivity index (χ3v) is 6.75. The third kappa shape index (κ3) is 6.21. The van der Waals surface area contributed by atoms with Gasteiger partial charge in [-0.15, -0.1) is 0 Å². The van der Waals surface area contributed by atoms with Crippen LogP contribution in [-0.4, -0.2) is 52.6 Å². The van der Waals surface area contributed by atoms with Crippen molar-refractivity contribution < 1.29 is 19.2 Å². The highest BCUT2D eigenvalue weighted by atomic mass is 35.5. The molecule has 1 heterocycles. The highest BCUT2D eigenvalue weighted by molar-refractivity contribution is 6.36. The second kappa shape index (κ2) is 12.2. The molecule has 0 spiro atoms. The fourth-order valence-electron chi connectivity index (χ4n) is 3.95. The molecule has 2 aromatic carbocycles. The number of rotatable bonds is 11. The van der Waals surface area contributed by atoms with Crippen molar-refractivity contribution in [2.45, 2.75) is 52.1 Å². The van der Waals surface area contributed by atoms with Gasteiger partial charge in [-0.1, -0.05) is 54.7 Å². The Morgan fingerprint density at radius 2 is 1.57 bits per heavy atom. The highest BCUT2D eigenvalue weighted by Crippen LogP contribution is 2.27. The van der Waals surface area contributed by atoms with Crippen LogP contribution < -0.4 is 5.32 Å². The fourth-order valence-corrected chi connectivity index (χ4v) is 4.46. The third-order valence-electron chi connectivity index (χ3n) is 6.04. The average Bonchev–Trinajstić information content (AvgIpc) is 3.08. The molecule has 3 rings (SSSR count). The molecule has 0 fully saturated rings. The smallest absolute Gasteiger partial charge is 0.261 e. The Balaban J connectivity index is 1.69. The minimum Gasteiger partial charge on any atom is -0.354 e. The summed E-state index contributed by atoms with van der Waals surface area (Å²) in [5.41, 5.74) is 1.30. The Hall–Kier alpha value is -2.90. The van der Waals surface area contributed by atoms with Crippen LogP contribution in [0.2, 0.25) is 10.0 Å². The number of imide groups is 1. The lowest BCUT2D eigenvalue weighted by Gasteiger charge is -2.29. The first-order valence-electron chi connectivity index (χ1n) is 11.7. The van der Waals surface area contributed by atoms with Gasteiger partial charge >= 0.3 is 0 Å². The summed E-state index contributed by atoms with van der Waals surface area (Å²) in [7, 11) is 0. The zero-order valence-electron chi connectivity index (χ0n) is 19.9. The van der Waals surface area contributed by atoms with Crippen LogP contribution >= 0.6 is 23.2 Å². The van der Waals surface area contributed by atoms with Gasteiger partial charge in [0.25, 0.3) is 11.8 Å². The molecule has 0 saturated heterocycles. The van der Waals surface area contributed by atoms with Gasteiger partial charge in [-0.25, -0.2) is 0 Å². The lowest BCUT2D eigenvalue weighted by atomic mass is 10.1. The number of fused-ring (bicyclic) bond motifs is 1. The summed E-state index contributed by atoms with van der Waals surface area (Å²) < 4.78 is 0. The van der Waals surface area contributed by atoms with Crippen LogP contribution in [0.4, 0.5) is 0 Å². The summed E-state index contributed by atoms with van der Waals surface area (Å²) in [4.78, 5) is 53.8. The monoisotopic (exact) mass is 517 g/mol. The van der Waals surface area contributed by atoms with E-state index in [4.69, 9.17) is 23.2 Å². The van der Waals surface area contributed by atoms with Crippen molar-refractivity contribution in [3.8, 4) is 0 Å². The van der Waals surface area contributed by atoms with Crippen LogP contribution in [0.3, 0.4) is 0 Å². The zero-order chi connectivity index (χ0) is 25.5. The van der Waals surface area contributed by atoms with Crippen molar-refractivity contribution in [1.82, 2.24) is 15.1 Å². The molecule has 0 saturated carbocycles. The molecule has 1 aliphatic rings. The van der Waals surface area contributed by atoms with E-state index in [0.29, 0.717) is 33.3 Å². The van der Waals surface area contributed by atoms with E-state index in [0.717, 1.165) is 17.7 Å². The molecule has 1 atom stereocenters. The molecule has 0 radical (unpaired) electrons. The molecule has 1 unspecified atom stereocenters. The molecule has 1 N–H and O–H groups in total. The van der Waals surface area contributed by atoms with Gasteiger partial charge in [0.2, 0.25) is 11.8 Å². The lowest BCUT2D eigenvalue weighted by Crippen LogP contribution is -2.48. The fraction of sp³-hybridized carbons (Fsp3) is 0.385. The number of benzene rings is 2. The number of carbonyl (C=O) groups excluding carboxylic acids is 4. The second-order valence-corrected chi connectivity index (χ2v) is 9.27. The first-order valence-corrected chi connectivity index (χ1v) is 12.5. The van der Waals surface area contributed by atoms with E-state index in [9.17, 15) is 19.2 Å². The zero-order valence-corrected chi connectivity index (χ0v) is 21.4. The number of unbranched alkanes of at least 4 members (excludes halogenated alkanes) is 1. The van der Waals surface area contributed by atoms with Gasteiger partial charge < -0.3 is 10.2 Å². The van der Waals surface area contributed by atoms with Gasteiger partial charge in [-0.3, -0.25) is 24.1 Å². The van der Waals surface area contributed by atoms with Crippen LogP contribution in [0.1, 0.15) is 65.8 Å². The molecule has 0 aromatic heterocycles. The number of hydrogen-bond acceptors (Lipinski definition) is 4. The number of amides is 4. The molecule has 9 heteroatoms. The Labute approximate surface area is 215 Å². The van der Waals surface area contributed by atoms with Gasteiger partial charge in [0.1, 0.15) is 6.04 Å². The molecule has 0 bridgehead atoms. The number of halogens is 2. The molecule has 2 aromatic rings. The van der Waals surface area contributed by atoms with Crippen LogP contribution in [0.5, 0.6) is 0 Å². The normalized spacial score (nSPS) is 13.5. The van der Waals surface area contributed by atoms with Crippen molar-refractivity contribution in [3.05, 3.63) is 69.2 Å². The van der Waals surface area contributed by atoms with Gasteiger partial charge in [0.15, 0.2) is 0 Å². The van der Waals surface area contributed by atoms with E-state index in [1.807, 2.05) is 6.92 Å². The highest BCUT2D eigenvalue weighted by Gasteiger charge is 2.35. The van der Waals surface area contributed by atoms with E-state index < -0.39 is 6.04 Å². The van der Waals surface area contributed by atoms with E-state index >= 15 is 0 Å². The summed E-state index contributed by atoms with van der Waals surface area (Å²) in [5, 5.41) is 3.67. The first kappa shape index (κ1) is 26.7. The summed E-state index contributed by atoms with van der Waals surface area (Å²) in [5.74, 6) is -1.28. The van der Waals surface area contributed by atoms with E-state index in [1.54, 1.807) is 49.4 Å². The molecule has 0 aliphatic carbocycles. The van der Waals surface area contributed by atoms with E-state index in [2.05, 4.69) is 5.32 Å². The molecular formula is C26H29Cl2N3O4. The number of carbonyl (C=O) groups is 4. The molecule has 4 amide bonds. The summed E-state index contributed by atoms with van der Waals surface area (Å²) in [6.07, 6.45) is 2.08. The topological polar surface area (TPSA) is 86.8 Å². The molecule has 7 nitrogen and oxygen atoms in total. The first-order chi connectivity index (χ1) is 16.8. The Morgan fingerprint density at radius 1 is 0.971 bits per heavy atom. The van der Waals surface area contributed by atoms with Crippen molar-refractivity contribution in [2.75, 3.05) is 13.1 Å². The predicted octanol–water partition coefficient (Wildman–Crippen LogP) is 4.70. The molecule has 35 heavy (non-hydrogen) atoms. The molecular weight excluding hydrogens is 489 g/mol. The van der Waals surface area contributed by atoms with Crippen LogP contribution in [-0.2, 0) is 16.1 Å². The van der Waals surface area contributed by atoms with Crippen LogP contribution in [0.15, 0.2) is 42.5 Å². The van der Waals surface area contributed by atoms with Crippen molar-refractivity contribution in [2.24, 2.45) is 0 Å². The van der Waals surface area contributed by atoms with Crippen LogP contribution in [0.25, 0.3) is 0 Å². The predicted molar refractivity (Wildman–Crippen MR) is 135 cm³/mol. The summed E-state index contributed by atoms with van der Waals surface area (Å²) in [6.45, 7) is 4.38. The maximum absolute atomic E-state index is 13.3. The van der Waals surface area contributed by atoms with Gasteiger partial charge in [-0.2, -0.15) is 0 Å². The van der Waals surface area contributed by atoms with Crippen molar-refractivity contribution >= 4 is 46.8 Å². The lowest BCUT2D eigenvalue weighted by molar-refractivity contribution is -0.140. The summed E-state index contributed by atoms with van der Waals surface area (Å²) >= 11 is 12.7. The van der Waals surface area contributed by atoms with Crippen LogP contribution in [0, 0.1) is 0 Å². The minimum absolute atomic E-state index is 0.0437. The maximum Gasteiger partial charge on any atom is 0.261 e. The van der Waals surface area contributed by atoms with Gasteiger partial charge in [0, 0.05) is 41.7 Å². The van der Waals surface area contributed by atoms with Gasteiger partial charge in [-0.05, 0) is 44.0 Å². The molecule has 186 valence electrons.